The number of hydrogen-bond acceptors (Lipinski definition) is 6. The molecule has 0 fully saturated rings. The summed E-state index contributed by atoms with van der Waals surface area (Å²) in [5.41, 5.74) is 0. The van der Waals surface area contributed by atoms with E-state index in [9.17, 15) is 4.79 Å². The topological polar surface area (TPSA) is 64.1 Å². The first-order valence-corrected chi connectivity index (χ1v) is 6.09. The van der Waals surface area contributed by atoms with Crippen molar-refractivity contribution >= 4 is 23.5 Å². The summed E-state index contributed by atoms with van der Waals surface area (Å²) in [6.07, 6.45) is 3.28. The van der Waals surface area contributed by atoms with Gasteiger partial charge in [-0.15, -0.1) is 0 Å². The number of esters is 1. The van der Waals surface area contributed by atoms with Crippen LogP contribution in [0.25, 0.3) is 0 Å². The van der Waals surface area contributed by atoms with Crippen LogP contribution >= 0.6 is 11.8 Å². The number of hydrogen-bond donors (Lipinski definition) is 1. The van der Waals surface area contributed by atoms with Crippen LogP contribution in [0.5, 0.6) is 0 Å². The molecule has 1 rings (SSSR count). The first kappa shape index (κ1) is 12.8. The molecule has 1 N–H and O–H groups in total. The molecular formula is C10H15N3O2S. The van der Waals surface area contributed by atoms with Crippen molar-refractivity contribution in [3.05, 3.63) is 12.4 Å². The predicted molar refractivity (Wildman–Crippen MR) is 63.6 cm³/mol. The summed E-state index contributed by atoms with van der Waals surface area (Å²) in [6, 6.07) is 0. The molecule has 0 atom stereocenters. The first-order valence-electron chi connectivity index (χ1n) is 5.10. The van der Waals surface area contributed by atoms with E-state index in [4.69, 9.17) is 4.74 Å². The molecule has 5 nitrogen and oxygen atoms in total. The second kappa shape index (κ2) is 7.05. The van der Waals surface area contributed by atoms with E-state index >= 15 is 0 Å². The molecule has 88 valence electrons. The Balaban J connectivity index is 2.47. The molecule has 0 saturated heterocycles. The summed E-state index contributed by atoms with van der Waals surface area (Å²) >= 11 is 1.32. The zero-order valence-corrected chi connectivity index (χ0v) is 10.2. The predicted octanol–water partition coefficient (Wildman–Crippen LogP) is 1.56. The minimum Gasteiger partial charge on any atom is -0.465 e. The Kier molecular flexibility index (Phi) is 5.63. The van der Waals surface area contributed by atoms with Crippen molar-refractivity contribution in [1.29, 1.82) is 0 Å². The molecular weight excluding hydrogens is 226 g/mol. The molecule has 0 aliphatic rings. The summed E-state index contributed by atoms with van der Waals surface area (Å²) in [7, 11) is 0. The van der Waals surface area contributed by atoms with Crippen LogP contribution in [-0.2, 0) is 9.53 Å². The lowest BCUT2D eigenvalue weighted by molar-refractivity contribution is -0.139. The Morgan fingerprint density at radius 2 is 2.31 bits per heavy atom. The van der Waals surface area contributed by atoms with Gasteiger partial charge in [0.15, 0.2) is 0 Å². The number of rotatable bonds is 6. The van der Waals surface area contributed by atoms with Gasteiger partial charge in [-0.05, 0) is 13.8 Å². The van der Waals surface area contributed by atoms with Crippen LogP contribution in [0.2, 0.25) is 0 Å². The molecule has 1 heterocycles. The molecule has 0 spiro atoms. The highest BCUT2D eigenvalue weighted by Crippen LogP contribution is 2.15. The number of nitrogens with zero attached hydrogens (tertiary/aromatic N) is 2. The molecule has 0 amide bonds. The Hall–Kier alpha value is -1.30. The number of thioether (sulfide) groups is 1. The molecule has 1 aromatic rings. The smallest absolute Gasteiger partial charge is 0.316 e. The van der Waals surface area contributed by atoms with Gasteiger partial charge >= 0.3 is 5.97 Å². The van der Waals surface area contributed by atoms with E-state index in [2.05, 4.69) is 15.3 Å². The second-order valence-electron chi connectivity index (χ2n) is 2.87. The summed E-state index contributed by atoms with van der Waals surface area (Å²) < 4.78 is 4.82. The zero-order chi connectivity index (χ0) is 11.8. The molecule has 1 aromatic heterocycles. The van der Waals surface area contributed by atoms with E-state index in [0.717, 1.165) is 12.4 Å². The van der Waals surface area contributed by atoms with Crippen molar-refractivity contribution in [3.63, 3.8) is 0 Å². The van der Waals surface area contributed by atoms with Crippen molar-refractivity contribution in [2.24, 2.45) is 0 Å². The molecule has 0 unspecified atom stereocenters. The first-order chi connectivity index (χ1) is 7.76. The molecule has 0 radical (unpaired) electrons. The third-order valence-corrected chi connectivity index (χ3v) is 2.49. The van der Waals surface area contributed by atoms with Crippen LogP contribution in [0.4, 0.5) is 5.82 Å². The van der Waals surface area contributed by atoms with E-state index in [1.807, 2.05) is 6.92 Å². The highest BCUT2D eigenvalue weighted by atomic mass is 32.2. The summed E-state index contributed by atoms with van der Waals surface area (Å²) in [5, 5.41) is 3.77. The fourth-order valence-corrected chi connectivity index (χ4v) is 1.67. The monoisotopic (exact) mass is 241 g/mol. The number of carbonyl (C=O) groups excluding carboxylic acids is 1. The molecule has 0 bridgehead atoms. The van der Waals surface area contributed by atoms with Gasteiger partial charge in [0, 0.05) is 6.54 Å². The minimum absolute atomic E-state index is 0.233. The van der Waals surface area contributed by atoms with Crippen molar-refractivity contribution < 1.29 is 9.53 Å². The van der Waals surface area contributed by atoms with Crippen molar-refractivity contribution in [3.8, 4) is 0 Å². The highest BCUT2D eigenvalue weighted by Gasteiger charge is 2.04. The Morgan fingerprint density at radius 1 is 1.50 bits per heavy atom. The molecule has 0 aliphatic carbocycles. The summed E-state index contributed by atoms with van der Waals surface area (Å²) in [5.74, 6) is 0.748. The van der Waals surface area contributed by atoms with Gasteiger partial charge in [-0.25, -0.2) is 4.98 Å². The maximum atomic E-state index is 11.1. The fraction of sp³-hybridized carbons (Fsp3) is 0.500. The molecule has 16 heavy (non-hydrogen) atoms. The van der Waals surface area contributed by atoms with Crippen molar-refractivity contribution in [2.75, 3.05) is 24.2 Å². The quantitative estimate of drug-likeness (QED) is 0.602. The van der Waals surface area contributed by atoms with Crippen LogP contribution in [0, 0.1) is 0 Å². The molecule has 6 heteroatoms. The normalized spacial score (nSPS) is 9.88. The highest BCUT2D eigenvalue weighted by molar-refractivity contribution is 7.99. The lowest BCUT2D eigenvalue weighted by Crippen LogP contribution is -2.07. The average molecular weight is 241 g/mol. The third-order valence-electron chi connectivity index (χ3n) is 1.61. The van der Waals surface area contributed by atoms with Gasteiger partial charge in [0.1, 0.15) is 10.8 Å². The van der Waals surface area contributed by atoms with E-state index in [1.165, 1.54) is 11.8 Å². The number of nitrogens with one attached hydrogen (secondary N) is 1. The van der Waals surface area contributed by atoms with Crippen LogP contribution in [0.15, 0.2) is 17.4 Å². The minimum atomic E-state index is -0.233. The third kappa shape index (κ3) is 4.48. The van der Waals surface area contributed by atoms with Crippen LogP contribution < -0.4 is 5.32 Å². The maximum Gasteiger partial charge on any atom is 0.316 e. The Bertz CT molecular complexity index is 347. The van der Waals surface area contributed by atoms with E-state index in [0.29, 0.717) is 11.6 Å². The average Bonchev–Trinajstić information content (AvgIpc) is 2.28. The SMILES string of the molecule is CCNc1cncc(SCC(=O)OCC)n1. The van der Waals surface area contributed by atoms with Crippen molar-refractivity contribution in [1.82, 2.24) is 9.97 Å². The lowest BCUT2D eigenvalue weighted by Gasteiger charge is -2.04. The molecule has 0 saturated carbocycles. The Labute approximate surface area is 99.0 Å². The standard InChI is InChI=1S/C10H15N3O2S/c1-3-12-8-5-11-6-9(13-8)16-7-10(14)15-4-2/h5-6H,3-4,7H2,1-2H3,(H,12,13). The molecule has 0 aromatic carbocycles. The number of ether oxygens (including phenoxy) is 1. The number of carbonyl (C=O) groups is 1. The summed E-state index contributed by atoms with van der Waals surface area (Å²) in [6.45, 7) is 4.97. The van der Waals surface area contributed by atoms with Gasteiger partial charge in [0.25, 0.3) is 0 Å². The largest absolute Gasteiger partial charge is 0.465 e. The Morgan fingerprint density at radius 3 is 3.00 bits per heavy atom. The van der Waals surface area contributed by atoms with Gasteiger partial charge in [0.2, 0.25) is 0 Å². The van der Waals surface area contributed by atoms with Crippen molar-refractivity contribution in [2.45, 2.75) is 18.9 Å². The van der Waals surface area contributed by atoms with Crippen LogP contribution in [0.3, 0.4) is 0 Å². The van der Waals surface area contributed by atoms with Crippen LogP contribution in [0.1, 0.15) is 13.8 Å². The lowest BCUT2D eigenvalue weighted by atomic mass is 10.6. The van der Waals surface area contributed by atoms with Crippen LogP contribution in [-0.4, -0.2) is 34.8 Å². The van der Waals surface area contributed by atoms with Gasteiger partial charge in [-0.1, -0.05) is 11.8 Å². The number of aromatic nitrogens is 2. The van der Waals surface area contributed by atoms with Gasteiger partial charge in [-0.3, -0.25) is 9.78 Å². The summed E-state index contributed by atoms with van der Waals surface area (Å²) in [4.78, 5) is 19.4. The van der Waals surface area contributed by atoms with E-state index in [-0.39, 0.29) is 11.7 Å². The maximum absolute atomic E-state index is 11.1. The zero-order valence-electron chi connectivity index (χ0n) is 9.40. The van der Waals surface area contributed by atoms with Gasteiger partial charge in [-0.2, -0.15) is 0 Å². The fourth-order valence-electron chi connectivity index (χ4n) is 1.02. The second-order valence-corrected chi connectivity index (χ2v) is 3.86. The van der Waals surface area contributed by atoms with Gasteiger partial charge in [0.05, 0.1) is 24.8 Å². The van der Waals surface area contributed by atoms with E-state index in [1.54, 1.807) is 19.3 Å². The number of anilines is 1. The van der Waals surface area contributed by atoms with E-state index < -0.39 is 0 Å². The van der Waals surface area contributed by atoms with Gasteiger partial charge < -0.3 is 10.1 Å². The molecule has 0 aliphatic heterocycles.